The highest BCUT2D eigenvalue weighted by Crippen LogP contribution is 2.33. The fraction of sp³-hybridized carbons (Fsp3) is 0.282. The summed E-state index contributed by atoms with van der Waals surface area (Å²) in [6.07, 6.45) is 10.3. The molecule has 0 radical (unpaired) electrons. The molecule has 0 spiro atoms. The molecule has 4 aromatic carbocycles. The van der Waals surface area contributed by atoms with E-state index in [-0.39, 0.29) is 11.4 Å². The molecule has 1 atom stereocenters. The number of sulfonamides is 1. The Balaban J connectivity index is 1.80. The van der Waals surface area contributed by atoms with Gasteiger partial charge in [0, 0.05) is 6.20 Å². The molecular weight excluding hydrogens is 563 g/mol. The Morgan fingerprint density at radius 3 is 1.89 bits per heavy atom. The van der Waals surface area contributed by atoms with Gasteiger partial charge in [-0.25, -0.2) is 8.42 Å². The van der Waals surface area contributed by atoms with E-state index < -0.39 is 16.1 Å². The quantitative estimate of drug-likeness (QED) is 0.0784. The standard InChI is InChI=1S/C39H45NO3S/c1-3-4-5-6-7-17-24-38(41)39(35-22-15-10-16-23-35)37(34-20-13-9-14-21-34)29-30-40(31-33-18-11-8-12-19-33)44(42,43)36-27-25-32(2)26-28-36/h8-16,18-23,25-30,38,41H,3-7,17,24,31H2,1-2H3/b30-29+,39-37+. The Morgan fingerprint density at radius 2 is 1.27 bits per heavy atom. The molecule has 0 aliphatic rings. The molecular formula is C39H45NO3S. The topological polar surface area (TPSA) is 57.6 Å². The maximum Gasteiger partial charge on any atom is 0.264 e. The first-order valence-electron chi connectivity index (χ1n) is 15.7. The lowest BCUT2D eigenvalue weighted by atomic mass is 9.88. The van der Waals surface area contributed by atoms with Crippen LogP contribution in [0, 0.1) is 6.92 Å². The van der Waals surface area contributed by atoms with Gasteiger partial charge < -0.3 is 5.11 Å². The molecule has 230 valence electrons. The molecule has 44 heavy (non-hydrogen) atoms. The van der Waals surface area contributed by atoms with E-state index in [2.05, 4.69) is 6.92 Å². The number of rotatable bonds is 16. The van der Waals surface area contributed by atoms with Gasteiger partial charge >= 0.3 is 0 Å². The van der Waals surface area contributed by atoms with Gasteiger partial charge in [0.05, 0.1) is 17.5 Å². The number of allylic oxidation sites excluding steroid dienone is 2. The van der Waals surface area contributed by atoms with Crippen LogP contribution >= 0.6 is 0 Å². The molecule has 0 heterocycles. The van der Waals surface area contributed by atoms with E-state index in [1.54, 1.807) is 18.3 Å². The predicted octanol–water partition coefficient (Wildman–Crippen LogP) is 9.42. The van der Waals surface area contributed by atoms with E-state index in [1.807, 2.05) is 116 Å². The second kappa shape index (κ2) is 16.8. The number of aliphatic hydroxyl groups is 1. The van der Waals surface area contributed by atoms with Gasteiger partial charge in [0.2, 0.25) is 0 Å². The predicted molar refractivity (Wildman–Crippen MR) is 183 cm³/mol. The summed E-state index contributed by atoms with van der Waals surface area (Å²) in [5, 5.41) is 11.7. The third-order valence-electron chi connectivity index (χ3n) is 7.84. The van der Waals surface area contributed by atoms with E-state index in [1.165, 1.54) is 30.0 Å². The first kappa shape index (κ1) is 33.0. The van der Waals surface area contributed by atoms with Crippen LogP contribution in [0.3, 0.4) is 0 Å². The van der Waals surface area contributed by atoms with Crippen LogP contribution in [0.25, 0.3) is 11.1 Å². The van der Waals surface area contributed by atoms with Crippen LogP contribution in [0.4, 0.5) is 0 Å². The third kappa shape index (κ3) is 9.28. The minimum absolute atomic E-state index is 0.177. The van der Waals surface area contributed by atoms with Crippen molar-refractivity contribution in [1.82, 2.24) is 4.31 Å². The van der Waals surface area contributed by atoms with Gasteiger partial charge in [-0.3, -0.25) is 4.31 Å². The van der Waals surface area contributed by atoms with Crippen molar-refractivity contribution in [1.29, 1.82) is 0 Å². The fourth-order valence-electron chi connectivity index (χ4n) is 5.35. The van der Waals surface area contributed by atoms with Gasteiger partial charge in [-0.1, -0.05) is 154 Å². The first-order valence-corrected chi connectivity index (χ1v) is 17.2. The molecule has 1 unspecified atom stereocenters. The van der Waals surface area contributed by atoms with Crippen LogP contribution in [-0.4, -0.2) is 23.9 Å². The second-order valence-electron chi connectivity index (χ2n) is 11.3. The first-order chi connectivity index (χ1) is 21.4. The number of hydrogen-bond donors (Lipinski definition) is 1. The maximum atomic E-state index is 14.0. The molecule has 0 fully saturated rings. The Labute approximate surface area is 264 Å². The van der Waals surface area contributed by atoms with Crippen molar-refractivity contribution in [2.75, 3.05) is 0 Å². The van der Waals surface area contributed by atoms with Gasteiger partial charge in [0.15, 0.2) is 0 Å². The highest BCUT2D eigenvalue weighted by atomic mass is 32.2. The van der Waals surface area contributed by atoms with E-state index in [0.717, 1.165) is 46.2 Å². The average molecular weight is 608 g/mol. The van der Waals surface area contributed by atoms with Crippen molar-refractivity contribution in [2.24, 2.45) is 0 Å². The molecule has 0 saturated carbocycles. The molecule has 4 nitrogen and oxygen atoms in total. The normalized spacial score (nSPS) is 13.1. The molecule has 1 N–H and O–H groups in total. The molecule has 0 aromatic heterocycles. The van der Waals surface area contributed by atoms with Gasteiger partial charge in [-0.2, -0.15) is 0 Å². The van der Waals surface area contributed by atoms with Crippen molar-refractivity contribution in [2.45, 2.75) is 76.3 Å². The van der Waals surface area contributed by atoms with Crippen LogP contribution in [0.15, 0.2) is 132 Å². The summed E-state index contributed by atoms with van der Waals surface area (Å²) in [6.45, 7) is 4.33. The van der Waals surface area contributed by atoms with Gasteiger partial charge in [-0.05, 0) is 59.4 Å². The Kier molecular flexibility index (Phi) is 12.6. The Bertz CT molecular complexity index is 1580. The largest absolute Gasteiger partial charge is 0.388 e. The molecule has 0 amide bonds. The molecule has 0 saturated heterocycles. The smallest absolute Gasteiger partial charge is 0.264 e. The van der Waals surface area contributed by atoms with Crippen molar-refractivity contribution in [3.63, 3.8) is 0 Å². The zero-order valence-electron chi connectivity index (χ0n) is 26.0. The Morgan fingerprint density at radius 1 is 0.727 bits per heavy atom. The van der Waals surface area contributed by atoms with Gasteiger partial charge in [0.1, 0.15) is 0 Å². The SMILES string of the molecule is CCCCCCCCC(O)/C(=C(\C=C\N(Cc1ccccc1)S(=O)(=O)c1ccc(C)cc1)c1ccccc1)c1ccccc1. The summed E-state index contributed by atoms with van der Waals surface area (Å²) in [6, 6.07) is 36.4. The van der Waals surface area contributed by atoms with E-state index in [0.29, 0.717) is 6.42 Å². The van der Waals surface area contributed by atoms with Crippen molar-refractivity contribution < 1.29 is 13.5 Å². The summed E-state index contributed by atoms with van der Waals surface area (Å²) in [5.41, 5.74) is 5.31. The lowest BCUT2D eigenvalue weighted by molar-refractivity contribution is 0.217. The molecule has 0 bridgehead atoms. The summed E-state index contributed by atoms with van der Waals surface area (Å²) < 4.78 is 29.5. The lowest BCUT2D eigenvalue weighted by Gasteiger charge is -2.23. The highest BCUT2D eigenvalue weighted by molar-refractivity contribution is 7.89. The zero-order chi connectivity index (χ0) is 31.2. The second-order valence-corrected chi connectivity index (χ2v) is 13.2. The zero-order valence-corrected chi connectivity index (χ0v) is 26.8. The van der Waals surface area contributed by atoms with Crippen LogP contribution in [0.1, 0.15) is 74.1 Å². The molecule has 0 aliphatic heterocycles. The van der Waals surface area contributed by atoms with Crippen molar-refractivity contribution >= 4 is 21.2 Å². The van der Waals surface area contributed by atoms with E-state index in [4.69, 9.17) is 0 Å². The number of aryl methyl sites for hydroxylation is 1. The average Bonchev–Trinajstić information content (AvgIpc) is 3.05. The molecule has 4 rings (SSSR count). The maximum absolute atomic E-state index is 14.0. The fourth-order valence-corrected chi connectivity index (χ4v) is 6.64. The van der Waals surface area contributed by atoms with Gasteiger partial charge in [-0.15, -0.1) is 0 Å². The van der Waals surface area contributed by atoms with E-state index >= 15 is 0 Å². The van der Waals surface area contributed by atoms with Crippen molar-refractivity contribution in [3.05, 3.63) is 150 Å². The monoisotopic (exact) mass is 607 g/mol. The summed E-state index contributed by atoms with van der Waals surface area (Å²) >= 11 is 0. The van der Waals surface area contributed by atoms with E-state index in [9.17, 15) is 13.5 Å². The number of nitrogens with zero attached hydrogens (tertiary/aromatic N) is 1. The number of hydrogen-bond acceptors (Lipinski definition) is 3. The number of unbranched alkanes of at least 4 members (excludes halogenated alkanes) is 5. The summed E-state index contributed by atoms with van der Waals surface area (Å²) in [4.78, 5) is 0.236. The Hall–Kier alpha value is -3.93. The summed E-state index contributed by atoms with van der Waals surface area (Å²) in [7, 11) is -3.87. The number of benzene rings is 4. The molecule has 4 aromatic rings. The highest BCUT2D eigenvalue weighted by Gasteiger charge is 2.23. The van der Waals surface area contributed by atoms with Crippen LogP contribution in [0.2, 0.25) is 0 Å². The minimum atomic E-state index is -3.87. The van der Waals surface area contributed by atoms with Crippen LogP contribution in [-0.2, 0) is 16.6 Å². The molecule has 0 aliphatic carbocycles. The summed E-state index contributed by atoms with van der Waals surface area (Å²) in [5.74, 6) is 0. The third-order valence-corrected chi connectivity index (χ3v) is 9.58. The molecule has 5 heteroatoms. The van der Waals surface area contributed by atoms with Crippen LogP contribution < -0.4 is 0 Å². The van der Waals surface area contributed by atoms with Gasteiger partial charge in [0.25, 0.3) is 10.0 Å². The lowest BCUT2D eigenvalue weighted by Crippen LogP contribution is -2.25. The van der Waals surface area contributed by atoms with Crippen molar-refractivity contribution in [3.8, 4) is 0 Å². The minimum Gasteiger partial charge on any atom is -0.388 e. The number of aliphatic hydroxyl groups excluding tert-OH is 1. The van der Waals surface area contributed by atoms with Crippen LogP contribution in [0.5, 0.6) is 0 Å².